The van der Waals surface area contributed by atoms with Gasteiger partial charge in [0.05, 0.1) is 25.4 Å². The van der Waals surface area contributed by atoms with E-state index < -0.39 is 5.79 Å². The van der Waals surface area contributed by atoms with E-state index in [1.807, 2.05) is 6.07 Å². The Hall–Kier alpha value is -1.43. The molecule has 5 heteroatoms. The average Bonchev–Trinajstić information content (AvgIpc) is 2.51. The van der Waals surface area contributed by atoms with Crippen molar-refractivity contribution in [2.24, 2.45) is 5.41 Å². The summed E-state index contributed by atoms with van der Waals surface area (Å²) in [6.45, 7) is 5.39. The summed E-state index contributed by atoms with van der Waals surface area (Å²) in [5.74, 6) is -1.22. The van der Waals surface area contributed by atoms with Gasteiger partial charge in [-0.25, -0.2) is 4.79 Å². The van der Waals surface area contributed by atoms with Crippen LogP contribution in [0.4, 0.5) is 0 Å². The van der Waals surface area contributed by atoms with Crippen molar-refractivity contribution in [2.45, 2.75) is 32.5 Å². The lowest BCUT2D eigenvalue weighted by molar-refractivity contribution is -0.308. The first kappa shape index (κ1) is 16.9. The molecule has 122 valence electrons. The van der Waals surface area contributed by atoms with Gasteiger partial charge in [0.25, 0.3) is 0 Å². The van der Waals surface area contributed by atoms with Crippen molar-refractivity contribution in [3.63, 3.8) is 0 Å². The molecule has 0 radical (unpaired) electrons. The number of benzene rings is 1. The normalized spacial score (nSPS) is 19.6. The van der Waals surface area contributed by atoms with Gasteiger partial charge in [0.2, 0.25) is 0 Å². The molecule has 1 fully saturated rings. The second-order valence-electron chi connectivity index (χ2n) is 6.38. The van der Waals surface area contributed by atoms with Crippen molar-refractivity contribution >= 4 is 5.97 Å². The molecule has 22 heavy (non-hydrogen) atoms. The number of aliphatic hydroxyl groups excluding tert-OH is 1. The monoisotopic (exact) mass is 308 g/mol. The van der Waals surface area contributed by atoms with E-state index >= 15 is 0 Å². The Kier molecular flexibility index (Phi) is 5.56. The van der Waals surface area contributed by atoms with Gasteiger partial charge in [-0.3, -0.25) is 0 Å². The molecule has 1 heterocycles. The molecule has 1 aromatic carbocycles. The van der Waals surface area contributed by atoms with Crippen molar-refractivity contribution in [3.05, 3.63) is 35.9 Å². The second-order valence-corrected chi connectivity index (χ2v) is 6.38. The van der Waals surface area contributed by atoms with Crippen LogP contribution in [0.25, 0.3) is 0 Å². The van der Waals surface area contributed by atoms with Gasteiger partial charge in [0.1, 0.15) is 0 Å². The highest BCUT2D eigenvalue weighted by Gasteiger charge is 2.40. The fraction of sp³-hybridized carbons (Fsp3) is 0.588. The quantitative estimate of drug-likeness (QED) is 0.817. The summed E-state index contributed by atoms with van der Waals surface area (Å²) in [5, 5.41) is 9.23. The van der Waals surface area contributed by atoms with E-state index in [0.29, 0.717) is 31.6 Å². The summed E-state index contributed by atoms with van der Waals surface area (Å²) in [4.78, 5) is 11.9. The highest BCUT2D eigenvalue weighted by molar-refractivity contribution is 5.89. The van der Waals surface area contributed by atoms with E-state index in [1.54, 1.807) is 24.3 Å². The highest BCUT2D eigenvalue weighted by atomic mass is 16.7. The van der Waals surface area contributed by atoms with Crippen LogP contribution in [-0.2, 0) is 14.2 Å². The standard InChI is InChI=1S/C17H24O5/c1-16(2)12-21-17(8-10-18,22-13-16)9-11-20-15(19)14-6-4-3-5-7-14/h3-7,18H,8-13H2,1-2H3. The lowest BCUT2D eigenvalue weighted by atomic mass is 9.93. The minimum absolute atomic E-state index is 0.0347. The van der Waals surface area contributed by atoms with E-state index in [2.05, 4.69) is 13.8 Å². The van der Waals surface area contributed by atoms with Crippen molar-refractivity contribution in [1.82, 2.24) is 0 Å². The van der Waals surface area contributed by atoms with Crippen LogP contribution >= 0.6 is 0 Å². The molecular weight excluding hydrogens is 284 g/mol. The van der Waals surface area contributed by atoms with Gasteiger partial charge < -0.3 is 19.3 Å². The van der Waals surface area contributed by atoms with E-state index in [1.165, 1.54) is 0 Å². The molecule has 2 rings (SSSR count). The largest absolute Gasteiger partial charge is 0.462 e. The first-order valence-corrected chi connectivity index (χ1v) is 7.57. The summed E-state index contributed by atoms with van der Waals surface area (Å²) in [5.41, 5.74) is 0.477. The summed E-state index contributed by atoms with van der Waals surface area (Å²) in [7, 11) is 0. The molecule has 1 N–H and O–H groups in total. The van der Waals surface area contributed by atoms with Crippen molar-refractivity contribution in [1.29, 1.82) is 0 Å². The Morgan fingerprint density at radius 2 is 1.82 bits per heavy atom. The average molecular weight is 308 g/mol. The number of carbonyl (C=O) groups is 1. The Balaban J connectivity index is 1.86. The zero-order chi connectivity index (χ0) is 16.1. The van der Waals surface area contributed by atoms with Crippen molar-refractivity contribution in [3.8, 4) is 0 Å². The van der Waals surface area contributed by atoms with Gasteiger partial charge in [-0.2, -0.15) is 0 Å². The molecular formula is C17H24O5. The number of esters is 1. The van der Waals surface area contributed by atoms with Crippen LogP contribution in [0.3, 0.4) is 0 Å². The van der Waals surface area contributed by atoms with Gasteiger partial charge in [-0.15, -0.1) is 0 Å². The maximum Gasteiger partial charge on any atom is 0.338 e. The molecule has 1 aliphatic rings. The number of carbonyl (C=O) groups excluding carboxylic acids is 1. The number of hydrogen-bond acceptors (Lipinski definition) is 5. The second kappa shape index (κ2) is 7.22. The van der Waals surface area contributed by atoms with Gasteiger partial charge in [-0.05, 0) is 12.1 Å². The minimum atomic E-state index is -0.860. The third-order valence-electron chi connectivity index (χ3n) is 3.67. The molecule has 0 aromatic heterocycles. The molecule has 0 atom stereocenters. The van der Waals surface area contributed by atoms with Crippen LogP contribution in [0, 0.1) is 5.41 Å². The molecule has 0 spiro atoms. The number of rotatable bonds is 6. The summed E-state index contributed by atoms with van der Waals surface area (Å²) >= 11 is 0. The zero-order valence-corrected chi connectivity index (χ0v) is 13.2. The lowest BCUT2D eigenvalue weighted by Gasteiger charge is -2.43. The number of hydrogen-bond donors (Lipinski definition) is 1. The van der Waals surface area contributed by atoms with Gasteiger partial charge >= 0.3 is 5.97 Å². The summed E-state index contributed by atoms with van der Waals surface area (Å²) < 4.78 is 16.9. The van der Waals surface area contributed by atoms with Crippen molar-refractivity contribution < 1.29 is 24.1 Å². The fourth-order valence-electron chi connectivity index (χ4n) is 2.28. The van der Waals surface area contributed by atoms with Crippen LogP contribution in [0.1, 0.15) is 37.0 Å². The molecule has 0 aliphatic carbocycles. The molecule has 1 saturated heterocycles. The first-order valence-electron chi connectivity index (χ1n) is 7.57. The van der Waals surface area contributed by atoms with E-state index in [-0.39, 0.29) is 24.6 Å². The molecule has 0 amide bonds. The highest BCUT2D eigenvalue weighted by Crippen LogP contribution is 2.33. The van der Waals surface area contributed by atoms with Gasteiger partial charge in [0, 0.05) is 24.9 Å². The minimum Gasteiger partial charge on any atom is -0.462 e. The first-order chi connectivity index (χ1) is 10.5. The Labute approximate surface area is 131 Å². The smallest absolute Gasteiger partial charge is 0.338 e. The van der Waals surface area contributed by atoms with Crippen LogP contribution < -0.4 is 0 Å². The zero-order valence-electron chi connectivity index (χ0n) is 13.2. The Morgan fingerprint density at radius 1 is 1.18 bits per heavy atom. The lowest BCUT2D eigenvalue weighted by Crippen LogP contribution is -2.48. The molecule has 5 nitrogen and oxygen atoms in total. The predicted molar refractivity (Wildman–Crippen MR) is 81.5 cm³/mol. The van der Waals surface area contributed by atoms with Crippen LogP contribution in [0.2, 0.25) is 0 Å². The molecule has 0 unspecified atom stereocenters. The SMILES string of the molecule is CC1(C)COC(CCO)(CCOC(=O)c2ccccc2)OC1. The number of aliphatic hydroxyl groups is 1. The maximum absolute atomic E-state index is 11.9. The molecule has 0 saturated carbocycles. The maximum atomic E-state index is 11.9. The van der Waals surface area contributed by atoms with Crippen LogP contribution in [0.5, 0.6) is 0 Å². The van der Waals surface area contributed by atoms with E-state index in [0.717, 1.165) is 0 Å². The van der Waals surface area contributed by atoms with Crippen LogP contribution in [0.15, 0.2) is 30.3 Å². The topological polar surface area (TPSA) is 65.0 Å². The van der Waals surface area contributed by atoms with Crippen molar-refractivity contribution in [2.75, 3.05) is 26.4 Å². The van der Waals surface area contributed by atoms with E-state index in [9.17, 15) is 9.90 Å². The molecule has 1 aliphatic heterocycles. The molecule has 0 bridgehead atoms. The van der Waals surface area contributed by atoms with Gasteiger partial charge in [-0.1, -0.05) is 32.0 Å². The summed E-state index contributed by atoms with van der Waals surface area (Å²) in [6, 6.07) is 8.85. The molecule has 1 aromatic rings. The predicted octanol–water partition coefficient (Wildman–Crippen LogP) is 2.39. The third kappa shape index (κ3) is 4.53. The Morgan fingerprint density at radius 3 is 2.41 bits per heavy atom. The van der Waals surface area contributed by atoms with Gasteiger partial charge in [0.15, 0.2) is 5.79 Å². The third-order valence-corrected chi connectivity index (χ3v) is 3.67. The fourth-order valence-corrected chi connectivity index (χ4v) is 2.28. The number of ether oxygens (including phenoxy) is 3. The van der Waals surface area contributed by atoms with Crippen LogP contribution in [-0.4, -0.2) is 43.3 Å². The Bertz CT molecular complexity index is 473. The summed E-state index contributed by atoms with van der Waals surface area (Å²) in [6.07, 6.45) is 0.772. The van der Waals surface area contributed by atoms with E-state index in [4.69, 9.17) is 14.2 Å².